The summed E-state index contributed by atoms with van der Waals surface area (Å²) in [6, 6.07) is 4.30. The minimum atomic E-state index is 0.282. The van der Waals surface area contributed by atoms with Gasteiger partial charge in [0.25, 0.3) is 0 Å². The molecule has 0 aliphatic rings. The van der Waals surface area contributed by atoms with Crippen molar-refractivity contribution in [1.29, 1.82) is 0 Å². The van der Waals surface area contributed by atoms with Gasteiger partial charge in [-0.2, -0.15) is 0 Å². The van der Waals surface area contributed by atoms with Crippen molar-refractivity contribution in [3.63, 3.8) is 0 Å². The van der Waals surface area contributed by atoms with Gasteiger partial charge in [0.2, 0.25) is 0 Å². The van der Waals surface area contributed by atoms with Crippen LogP contribution in [-0.2, 0) is 6.54 Å². The highest BCUT2D eigenvalue weighted by Crippen LogP contribution is 2.10. The van der Waals surface area contributed by atoms with Gasteiger partial charge in [0, 0.05) is 43.6 Å². The molecular weight excluding hydrogens is 200 g/mol. The Morgan fingerprint density at radius 1 is 1.12 bits per heavy atom. The molecule has 4 nitrogen and oxygen atoms in total. The lowest BCUT2D eigenvalue weighted by Gasteiger charge is -2.13. The second-order valence-electron chi connectivity index (χ2n) is 3.58. The molecule has 16 heavy (non-hydrogen) atoms. The van der Waals surface area contributed by atoms with E-state index in [-0.39, 0.29) is 6.04 Å². The van der Waals surface area contributed by atoms with Crippen LogP contribution in [-0.4, -0.2) is 15.0 Å². The molecule has 2 rings (SSSR count). The average Bonchev–Trinajstić information content (AvgIpc) is 2.38. The van der Waals surface area contributed by atoms with Gasteiger partial charge in [0.15, 0.2) is 0 Å². The number of pyridine rings is 1. The number of nitrogens with zero attached hydrogens (tertiary/aromatic N) is 3. The van der Waals surface area contributed by atoms with E-state index in [1.165, 1.54) is 5.56 Å². The molecule has 0 unspecified atom stereocenters. The molecule has 0 bridgehead atoms. The van der Waals surface area contributed by atoms with Gasteiger partial charge in [0.1, 0.15) is 0 Å². The first-order valence-corrected chi connectivity index (χ1v) is 5.24. The molecule has 0 saturated carbocycles. The zero-order valence-corrected chi connectivity index (χ0v) is 9.17. The highest BCUT2D eigenvalue weighted by atomic mass is 14.9. The van der Waals surface area contributed by atoms with Gasteiger partial charge in [-0.25, -0.2) is 0 Å². The fourth-order valence-corrected chi connectivity index (χ4v) is 1.45. The van der Waals surface area contributed by atoms with Gasteiger partial charge in [-0.15, -0.1) is 0 Å². The topological polar surface area (TPSA) is 50.7 Å². The molecule has 0 radical (unpaired) electrons. The Hall–Kier alpha value is -1.81. The number of hydrogen-bond donors (Lipinski definition) is 1. The lowest BCUT2D eigenvalue weighted by Crippen LogP contribution is -2.18. The van der Waals surface area contributed by atoms with Crippen LogP contribution in [0.15, 0.2) is 43.1 Å². The normalized spacial score (nSPS) is 12.3. The van der Waals surface area contributed by atoms with E-state index in [4.69, 9.17) is 0 Å². The zero-order chi connectivity index (χ0) is 11.2. The number of rotatable bonds is 4. The predicted molar refractivity (Wildman–Crippen MR) is 61.5 cm³/mol. The molecule has 0 aliphatic carbocycles. The van der Waals surface area contributed by atoms with Crippen molar-refractivity contribution in [3.8, 4) is 0 Å². The van der Waals surface area contributed by atoms with Crippen LogP contribution in [0.25, 0.3) is 0 Å². The van der Waals surface area contributed by atoms with Gasteiger partial charge in [-0.3, -0.25) is 15.0 Å². The maximum Gasteiger partial charge on any atom is 0.0724 e. The fraction of sp³-hybridized carbons (Fsp3) is 0.250. The first-order valence-electron chi connectivity index (χ1n) is 5.24. The van der Waals surface area contributed by atoms with Crippen molar-refractivity contribution >= 4 is 0 Å². The fourth-order valence-electron chi connectivity index (χ4n) is 1.45. The molecular formula is C12H14N4. The summed E-state index contributed by atoms with van der Waals surface area (Å²) >= 11 is 0. The first-order chi connectivity index (χ1) is 7.86. The van der Waals surface area contributed by atoms with Crippen LogP contribution >= 0.6 is 0 Å². The van der Waals surface area contributed by atoms with E-state index in [1.54, 1.807) is 31.0 Å². The SMILES string of the molecule is C[C@H](NCc1cnccn1)c1ccncc1. The summed E-state index contributed by atoms with van der Waals surface area (Å²) in [5.74, 6) is 0. The molecule has 0 amide bonds. The minimum absolute atomic E-state index is 0.282. The van der Waals surface area contributed by atoms with Crippen LogP contribution in [0.1, 0.15) is 24.2 Å². The maximum atomic E-state index is 4.21. The molecule has 2 heterocycles. The Labute approximate surface area is 94.8 Å². The molecule has 0 fully saturated rings. The third-order valence-corrected chi connectivity index (χ3v) is 2.41. The Morgan fingerprint density at radius 2 is 1.94 bits per heavy atom. The highest BCUT2D eigenvalue weighted by Gasteiger charge is 2.04. The van der Waals surface area contributed by atoms with Crippen molar-refractivity contribution in [2.24, 2.45) is 0 Å². The van der Waals surface area contributed by atoms with Crippen molar-refractivity contribution in [2.75, 3.05) is 0 Å². The summed E-state index contributed by atoms with van der Waals surface area (Å²) in [6.45, 7) is 2.84. The largest absolute Gasteiger partial charge is 0.305 e. The summed E-state index contributed by atoms with van der Waals surface area (Å²) in [5, 5.41) is 3.38. The van der Waals surface area contributed by atoms with Crippen LogP contribution < -0.4 is 5.32 Å². The average molecular weight is 214 g/mol. The third-order valence-electron chi connectivity index (χ3n) is 2.41. The lowest BCUT2D eigenvalue weighted by atomic mass is 10.1. The molecule has 0 saturated heterocycles. The minimum Gasteiger partial charge on any atom is -0.305 e. The van der Waals surface area contributed by atoms with Gasteiger partial charge < -0.3 is 5.32 Å². The van der Waals surface area contributed by atoms with Crippen molar-refractivity contribution < 1.29 is 0 Å². The Bertz CT molecular complexity index is 416. The summed E-state index contributed by atoms with van der Waals surface area (Å²) in [6.07, 6.45) is 8.75. The Balaban J connectivity index is 1.92. The van der Waals surface area contributed by atoms with E-state index in [1.807, 2.05) is 12.1 Å². The number of nitrogens with one attached hydrogen (secondary N) is 1. The molecule has 4 heteroatoms. The number of aromatic nitrogens is 3. The van der Waals surface area contributed by atoms with E-state index < -0.39 is 0 Å². The van der Waals surface area contributed by atoms with E-state index in [0.29, 0.717) is 0 Å². The van der Waals surface area contributed by atoms with Crippen LogP contribution in [0.3, 0.4) is 0 Å². The van der Waals surface area contributed by atoms with Gasteiger partial charge in [0.05, 0.1) is 5.69 Å². The molecule has 1 atom stereocenters. The molecule has 0 spiro atoms. The van der Waals surface area contributed by atoms with Crippen molar-refractivity contribution in [1.82, 2.24) is 20.3 Å². The number of hydrogen-bond acceptors (Lipinski definition) is 4. The van der Waals surface area contributed by atoms with Crippen molar-refractivity contribution in [2.45, 2.75) is 19.5 Å². The molecule has 0 aromatic carbocycles. The highest BCUT2D eigenvalue weighted by molar-refractivity contribution is 5.14. The maximum absolute atomic E-state index is 4.21. The molecule has 2 aromatic heterocycles. The Kier molecular flexibility index (Phi) is 3.56. The lowest BCUT2D eigenvalue weighted by molar-refractivity contribution is 0.566. The predicted octanol–water partition coefficient (Wildman–Crippen LogP) is 1.72. The van der Waals surface area contributed by atoms with Crippen molar-refractivity contribution in [3.05, 3.63) is 54.4 Å². The molecule has 1 N–H and O–H groups in total. The smallest absolute Gasteiger partial charge is 0.0724 e. The first kappa shape index (κ1) is 10.7. The van der Waals surface area contributed by atoms with E-state index in [2.05, 4.69) is 27.2 Å². The second kappa shape index (κ2) is 5.32. The van der Waals surface area contributed by atoms with Gasteiger partial charge >= 0.3 is 0 Å². The second-order valence-corrected chi connectivity index (χ2v) is 3.58. The van der Waals surface area contributed by atoms with Crippen LogP contribution in [0.5, 0.6) is 0 Å². The monoisotopic (exact) mass is 214 g/mol. The Morgan fingerprint density at radius 3 is 2.62 bits per heavy atom. The zero-order valence-electron chi connectivity index (χ0n) is 9.17. The van der Waals surface area contributed by atoms with Gasteiger partial charge in [-0.1, -0.05) is 0 Å². The molecule has 2 aromatic rings. The summed E-state index contributed by atoms with van der Waals surface area (Å²) < 4.78 is 0. The van der Waals surface area contributed by atoms with Crippen LogP contribution in [0.4, 0.5) is 0 Å². The third kappa shape index (κ3) is 2.84. The summed E-state index contributed by atoms with van der Waals surface area (Å²) in [7, 11) is 0. The quantitative estimate of drug-likeness (QED) is 0.842. The van der Waals surface area contributed by atoms with E-state index in [9.17, 15) is 0 Å². The van der Waals surface area contributed by atoms with Crippen LogP contribution in [0, 0.1) is 0 Å². The van der Waals surface area contributed by atoms with Gasteiger partial charge in [-0.05, 0) is 24.6 Å². The summed E-state index contributed by atoms with van der Waals surface area (Å²) in [5.41, 5.74) is 2.17. The standard InChI is InChI=1S/C12H14N4/c1-10(11-2-4-13-5-3-11)16-9-12-8-14-6-7-15-12/h2-8,10,16H,9H2,1H3/t10-/m0/s1. The van der Waals surface area contributed by atoms with Crippen LogP contribution in [0.2, 0.25) is 0 Å². The van der Waals surface area contributed by atoms with E-state index in [0.717, 1.165) is 12.2 Å². The molecule has 0 aliphatic heterocycles. The summed E-state index contributed by atoms with van der Waals surface area (Å²) in [4.78, 5) is 12.2. The van der Waals surface area contributed by atoms with E-state index >= 15 is 0 Å². The molecule has 82 valence electrons.